The third-order valence-electron chi connectivity index (χ3n) is 3.08. The van der Waals surface area contributed by atoms with Crippen LogP contribution in [-0.4, -0.2) is 30.3 Å². The molecule has 0 saturated heterocycles. The van der Waals surface area contributed by atoms with Gasteiger partial charge in [0.05, 0.1) is 0 Å². The summed E-state index contributed by atoms with van der Waals surface area (Å²) < 4.78 is 33.2. The summed E-state index contributed by atoms with van der Waals surface area (Å²) >= 11 is 0. The number of hydrogen-bond donors (Lipinski definition) is 1. The first-order valence-corrected chi connectivity index (χ1v) is 9.49. The number of rotatable bonds is 10. The first kappa shape index (κ1) is 19.5. The van der Waals surface area contributed by atoms with Gasteiger partial charge in [0.1, 0.15) is 36.9 Å². The third kappa shape index (κ3) is 7.71. The molecule has 0 aliphatic heterocycles. The number of phosphoric ester groups is 1. The van der Waals surface area contributed by atoms with Crippen molar-refractivity contribution in [2.24, 2.45) is 0 Å². The molecule has 2 aromatic rings. The number of phosphoric acid groups is 1. The minimum absolute atomic E-state index is 0.132. The summed E-state index contributed by atoms with van der Waals surface area (Å²) in [7, 11) is -4.21. The van der Waals surface area contributed by atoms with Crippen molar-refractivity contribution in [2.45, 2.75) is 26.1 Å². The molecule has 0 radical (unpaired) electrons. The Hall–Kier alpha value is -1.85. The lowest BCUT2D eigenvalue weighted by Crippen LogP contribution is -2.21. The first-order chi connectivity index (χ1) is 11.9. The molecule has 0 aromatic heterocycles. The van der Waals surface area contributed by atoms with Crippen molar-refractivity contribution < 1.29 is 28.0 Å². The fourth-order valence-corrected chi connectivity index (χ4v) is 3.08. The molecule has 2 rings (SSSR count). The zero-order chi connectivity index (χ0) is 18.1. The molecule has 0 saturated carbocycles. The fraction of sp³-hybridized carbons (Fsp3) is 0.333. The van der Waals surface area contributed by atoms with Crippen LogP contribution in [0.15, 0.2) is 60.7 Å². The molecule has 25 heavy (non-hydrogen) atoms. The molecule has 1 N–H and O–H groups in total. The van der Waals surface area contributed by atoms with Gasteiger partial charge < -0.3 is 14.4 Å². The van der Waals surface area contributed by atoms with Gasteiger partial charge in [-0.05, 0) is 38.1 Å². The van der Waals surface area contributed by atoms with E-state index in [1.54, 1.807) is 38.1 Å². The van der Waals surface area contributed by atoms with Crippen LogP contribution in [0.2, 0.25) is 0 Å². The largest absolute Gasteiger partial charge is 0.491 e. The predicted octanol–water partition coefficient (Wildman–Crippen LogP) is 4.06. The fourth-order valence-electron chi connectivity index (χ4n) is 2.00. The maximum absolute atomic E-state index is 12.1. The lowest BCUT2D eigenvalue weighted by atomic mass is 10.3. The topological polar surface area (TPSA) is 74.2 Å². The summed E-state index contributed by atoms with van der Waals surface area (Å²) in [5.41, 5.74) is 0. The second kappa shape index (κ2) is 9.59. The molecule has 136 valence electrons. The molecule has 2 atom stereocenters. The summed E-state index contributed by atoms with van der Waals surface area (Å²) in [6.45, 7) is 3.54. The van der Waals surface area contributed by atoms with E-state index < -0.39 is 20.0 Å². The highest BCUT2D eigenvalue weighted by atomic mass is 31.2. The Morgan fingerprint density at radius 3 is 1.52 bits per heavy atom. The Labute approximate surface area is 147 Å². The van der Waals surface area contributed by atoms with Crippen LogP contribution in [0.1, 0.15) is 13.8 Å². The van der Waals surface area contributed by atoms with E-state index in [1.165, 1.54) is 0 Å². The highest BCUT2D eigenvalue weighted by Gasteiger charge is 2.27. The molecule has 0 aliphatic carbocycles. The Morgan fingerprint density at radius 1 is 0.800 bits per heavy atom. The number of benzene rings is 2. The highest BCUT2D eigenvalue weighted by molar-refractivity contribution is 7.47. The van der Waals surface area contributed by atoms with Crippen LogP contribution >= 0.6 is 7.82 Å². The molecule has 2 aromatic carbocycles. The summed E-state index contributed by atoms with van der Waals surface area (Å²) in [6, 6.07) is 18.3. The van der Waals surface area contributed by atoms with E-state index in [-0.39, 0.29) is 13.2 Å². The van der Waals surface area contributed by atoms with E-state index in [1.807, 2.05) is 36.4 Å². The number of hydrogen-bond acceptors (Lipinski definition) is 5. The average molecular weight is 366 g/mol. The first-order valence-electron chi connectivity index (χ1n) is 8.00. The van der Waals surface area contributed by atoms with Gasteiger partial charge in [-0.2, -0.15) is 0 Å². The van der Waals surface area contributed by atoms with Crippen LogP contribution in [0.5, 0.6) is 11.5 Å². The average Bonchev–Trinajstić information content (AvgIpc) is 2.59. The van der Waals surface area contributed by atoms with Gasteiger partial charge in [0, 0.05) is 0 Å². The second-order valence-corrected chi connectivity index (χ2v) is 6.91. The van der Waals surface area contributed by atoms with Gasteiger partial charge in [-0.1, -0.05) is 36.4 Å². The molecule has 0 heterocycles. The van der Waals surface area contributed by atoms with Gasteiger partial charge in [0.15, 0.2) is 0 Å². The zero-order valence-electron chi connectivity index (χ0n) is 14.3. The zero-order valence-corrected chi connectivity index (χ0v) is 15.2. The lowest BCUT2D eigenvalue weighted by molar-refractivity contribution is 0.0498. The van der Waals surface area contributed by atoms with E-state index >= 15 is 0 Å². The maximum atomic E-state index is 12.1. The van der Waals surface area contributed by atoms with Gasteiger partial charge in [-0.3, -0.25) is 9.05 Å². The van der Waals surface area contributed by atoms with E-state index in [2.05, 4.69) is 0 Å². The van der Waals surface area contributed by atoms with E-state index in [0.717, 1.165) is 0 Å². The third-order valence-corrected chi connectivity index (χ3v) is 4.33. The van der Waals surface area contributed by atoms with Gasteiger partial charge >= 0.3 is 7.82 Å². The summed E-state index contributed by atoms with van der Waals surface area (Å²) in [5, 5.41) is 0. The van der Waals surface area contributed by atoms with Crippen molar-refractivity contribution >= 4 is 7.82 Å². The monoisotopic (exact) mass is 366 g/mol. The SMILES string of the molecule is CC(COc1ccccc1)OP(=O)(O)OC(C)COc1ccccc1. The summed E-state index contributed by atoms with van der Waals surface area (Å²) in [5.74, 6) is 1.33. The summed E-state index contributed by atoms with van der Waals surface area (Å²) in [4.78, 5) is 9.85. The van der Waals surface area contributed by atoms with Crippen molar-refractivity contribution in [2.75, 3.05) is 13.2 Å². The Bertz CT molecular complexity index is 608. The quantitative estimate of drug-likeness (QED) is 0.640. The van der Waals surface area contributed by atoms with Gasteiger partial charge in [0.2, 0.25) is 0 Å². The van der Waals surface area contributed by atoms with E-state index in [0.29, 0.717) is 11.5 Å². The molecule has 0 spiro atoms. The van der Waals surface area contributed by atoms with Crippen molar-refractivity contribution in [3.05, 3.63) is 60.7 Å². The molecular formula is C18H23O6P. The molecule has 0 bridgehead atoms. The van der Waals surface area contributed by atoms with Crippen molar-refractivity contribution in [3.8, 4) is 11.5 Å². The minimum atomic E-state index is -4.21. The normalized spacial score (nSPS) is 15.8. The standard InChI is InChI=1S/C18H23O6P/c1-15(13-21-17-9-5-3-6-10-17)23-25(19,20)24-16(2)14-22-18-11-7-4-8-12-18/h3-12,15-16H,13-14H2,1-2H3,(H,19,20). The summed E-state index contributed by atoms with van der Waals surface area (Å²) in [6.07, 6.45) is -1.23. The van der Waals surface area contributed by atoms with Crippen LogP contribution in [0.3, 0.4) is 0 Å². The second-order valence-electron chi connectivity index (χ2n) is 5.55. The van der Waals surface area contributed by atoms with Gasteiger partial charge in [-0.15, -0.1) is 0 Å². The van der Waals surface area contributed by atoms with Crippen molar-refractivity contribution in [1.82, 2.24) is 0 Å². The van der Waals surface area contributed by atoms with Gasteiger partial charge in [0.25, 0.3) is 0 Å². The molecule has 2 unspecified atom stereocenters. The highest BCUT2D eigenvalue weighted by Crippen LogP contribution is 2.45. The van der Waals surface area contributed by atoms with Crippen LogP contribution in [0, 0.1) is 0 Å². The van der Waals surface area contributed by atoms with Gasteiger partial charge in [-0.25, -0.2) is 4.57 Å². The molecule has 0 fully saturated rings. The van der Waals surface area contributed by atoms with Crippen LogP contribution in [0.4, 0.5) is 0 Å². The Morgan fingerprint density at radius 2 is 1.16 bits per heavy atom. The Kier molecular flexibility index (Phi) is 7.47. The minimum Gasteiger partial charge on any atom is -0.491 e. The molecule has 7 heteroatoms. The van der Waals surface area contributed by atoms with Crippen molar-refractivity contribution in [1.29, 1.82) is 0 Å². The van der Waals surface area contributed by atoms with Crippen molar-refractivity contribution in [3.63, 3.8) is 0 Å². The number of para-hydroxylation sites is 2. The molecule has 6 nitrogen and oxygen atoms in total. The van der Waals surface area contributed by atoms with E-state index in [4.69, 9.17) is 18.5 Å². The lowest BCUT2D eigenvalue weighted by Gasteiger charge is -2.21. The van der Waals surface area contributed by atoms with Crippen LogP contribution in [-0.2, 0) is 13.6 Å². The van der Waals surface area contributed by atoms with Crippen LogP contribution < -0.4 is 9.47 Å². The number of ether oxygens (including phenoxy) is 2. The van der Waals surface area contributed by atoms with E-state index in [9.17, 15) is 9.46 Å². The predicted molar refractivity (Wildman–Crippen MR) is 94.8 cm³/mol. The molecule has 0 aliphatic rings. The molecule has 0 amide bonds. The molecular weight excluding hydrogens is 343 g/mol. The van der Waals surface area contributed by atoms with Crippen LogP contribution in [0.25, 0.3) is 0 Å². The maximum Gasteiger partial charge on any atom is 0.472 e. The smallest absolute Gasteiger partial charge is 0.472 e. The Balaban J connectivity index is 1.73.